The van der Waals surface area contributed by atoms with E-state index in [9.17, 15) is 29.1 Å². The van der Waals surface area contributed by atoms with Crippen LogP contribution in [0.15, 0.2) is 40.4 Å². The van der Waals surface area contributed by atoms with Gasteiger partial charge < -0.3 is 31.1 Å². The molecule has 0 bridgehead atoms. The minimum absolute atomic E-state index is 0.0202. The van der Waals surface area contributed by atoms with Crippen molar-refractivity contribution in [3.63, 3.8) is 0 Å². The van der Waals surface area contributed by atoms with Crippen molar-refractivity contribution in [2.24, 2.45) is 5.41 Å². The lowest BCUT2D eigenvalue weighted by Gasteiger charge is -2.38. The Morgan fingerprint density at radius 3 is 2.12 bits per heavy atom. The summed E-state index contributed by atoms with van der Waals surface area (Å²) in [5, 5.41) is 26.4. The fourth-order valence-electron chi connectivity index (χ4n) is 4.22. The van der Waals surface area contributed by atoms with E-state index < -0.39 is 53.2 Å². The van der Waals surface area contributed by atoms with Crippen LogP contribution in [0.3, 0.4) is 0 Å². The Balaban J connectivity index is 3.04. The molecule has 5 N–H and O–H groups in total. The second kappa shape index (κ2) is 15.1. The lowest BCUT2D eigenvalue weighted by atomic mass is 9.76. The molecule has 3 amide bonds. The number of carbonyl (C=O) groups is 5. The number of carbonyl (C=O) groups excluding carboxylic acids is 3. The van der Waals surface area contributed by atoms with Gasteiger partial charge in [-0.25, -0.2) is 4.79 Å². The zero-order valence-corrected chi connectivity index (χ0v) is 26.6. The Morgan fingerprint density at radius 2 is 1.63 bits per heavy atom. The summed E-state index contributed by atoms with van der Waals surface area (Å²) in [6.45, 7) is 10.9. The molecule has 0 aliphatic heterocycles. The second-order valence-electron chi connectivity index (χ2n) is 11.7. The largest absolute Gasteiger partial charge is 0.481 e. The molecule has 0 aliphatic carbocycles. The minimum atomic E-state index is -1.36. The predicted octanol–water partition coefficient (Wildman–Crippen LogP) is 2.68. The highest BCUT2D eigenvalue weighted by molar-refractivity contribution is 9.10. The van der Waals surface area contributed by atoms with E-state index in [1.807, 2.05) is 58.9 Å². The van der Waals surface area contributed by atoms with E-state index in [2.05, 4.69) is 31.9 Å². The topological polar surface area (TPSA) is 165 Å². The molecule has 0 saturated carbocycles. The second-order valence-corrected chi connectivity index (χ2v) is 12.6. The molecule has 0 saturated heterocycles. The zero-order valence-electron chi connectivity index (χ0n) is 25.0. The summed E-state index contributed by atoms with van der Waals surface area (Å²) in [4.78, 5) is 63.1. The fraction of sp³-hybridized carbons (Fsp3) is 0.552. The predicted molar refractivity (Wildman–Crippen MR) is 159 cm³/mol. The first-order valence-corrected chi connectivity index (χ1v) is 14.0. The number of nitrogens with one attached hydrogen (secondary N) is 3. The maximum Gasteiger partial charge on any atom is 0.326 e. The van der Waals surface area contributed by atoms with Crippen LogP contribution in [0.25, 0.3) is 0 Å². The number of nitrogens with zero attached hydrogens (tertiary/aromatic N) is 1. The van der Waals surface area contributed by atoms with E-state index in [0.717, 1.165) is 10.0 Å². The Labute approximate surface area is 250 Å². The van der Waals surface area contributed by atoms with Crippen LogP contribution < -0.4 is 16.0 Å². The molecule has 0 radical (unpaired) electrons. The number of hydrogen-bond acceptors (Lipinski definition) is 6. The smallest absolute Gasteiger partial charge is 0.326 e. The highest BCUT2D eigenvalue weighted by Crippen LogP contribution is 2.30. The van der Waals surface area contributed by atoms with Crippen molar-refractivity contribution in [1.82, 2.24) is 20.9 Å². The van der Waals surface area contributed by atoms with Gasteiger partial charge in [0.2, 0.25) is 17.7 Å². The SMILES string of the molecule is CNC(C(=O)NC(C(=O)N(C)C/C=C(\C)C(=O)NC(CCC(=O)O)C(=O)O)C(C)(C)C)C(C)(C)c1cccc(Br)c1. The molecule has 12 heteroatoms. The van der Waals surface area contributed by atoms with Crippen molar-refractivity contribution in [1.29, 1.82) is 0 Å². The molecule has 1 rings (SSSR count). The molecule has 1 aromatic carbocycles. The summed E-state index contributed by atoms with van der Waals surface area (Å²) in [7, 11) is 3.24. The molecular weight excluding hydrogens is 596 g/mol. The number of carboxylic acid groups (broad SMARTS) is 2. The van der Waals surface area contributed by atoms with Gasteiger partial charge in [0, 0.05) is 35.5 Å². The van der Waals surface area contributed by atoms with Crippen LogP contribution >= 0.6 is 15.9 Å². The summed E-state index contributed by atoms with van der Waals surface area (Å²) < 4.78 is 0.887. The quantitative estimate of drug-likeness (QED) is 0.194. The van der Waals surface area contributed by atoms with Gasteiger partial charge in [-0.05, 0) is 43.5 Å². The number of hydrogen-bond donors (Lipinski definition) is 5. The van der Waals surface area contributed by atoms with E-state index in [0.29, 0.717) is 0 Å². The lowest BCUT2D eigenvalue weighted by molar-refractivity contribution is -0.142. The van der Waals surface area contributed by atoms with Crippen LogP contribution in [-0.4, -0.2) is 83.5 Å². The van der Waals surface area contributed by atoms with Crippen molar-refractivity contribution in [3.05, 3.63) is 46.0 Å². The van der Waals surface area contributed by atoms with Gasteiger partial charge in [-0.2, -0.15) is 0 Å². The maximum absolute atomic E-state index is 13.6. The van der Waals surface area contributed by atoms with Gasteiger partial charge in [0.05, 0.1) is 6.04 Å². The van der Waals surface area contributed by atoms with E-state index >= 15 is 0 Å². The van der Waals surface area contributed by atoms with Gasteiger partial charge >= 0.3 is 11.9 Å². The monoisotopic (exact) mass is 638 g/mol. The van der Waals surface area contributed by atoms with Gasteiger partial charge in [0.25, 0.3) is 0 Å². The number of halogens is 1. The number of carboxylic acids is 2. The third kappa shape index (κ3) is 10.6. The Hall–Kier alpha value is -3.25. The van der Waals surface area contributed by atoms with Crippen LogP contribution in [0, 0.1) is 5.41 Å². The number of benzene rings is 1. The molecule has 0 aliphatic rings. The summed E-state index contributed by atoms with van der Waals surface area (Å²) in [6.07, 6.45) is 0.796. The van der Waals surface area contributed by atoms with Crippen molar-refractivity contribution in [2.45, 2.75) is 77.9 Å². The normalized spacial score (nSPS) is 14.4. The molecule has 3 unspecified atom stereocenters. The molecule has 1 aromatic rings. The summed E-state index contributed by atoms with van der Waals surface area (Å²) >= 11 is 3.48. The molecule has 228 valence electrons. The molecular formula is C29H43BrN4O7. The summed E-state index contributed by atoms with van der Waals surface area (Å²) in [5.74, 6) is -3.90. The van der Waals surface area contributed by atoms with E-state index in [1.165, 1.54) is 17.9 Å². The van der Waals surface area contributed by atoms with Crippen molar-refractivity contribution in [3.8, 4) is 0 Å². The number of likely N-dealkylation sites (N-methyl/N-ethyl adjacent to an activating group) is 2. The maximum atomic E-state index is 13.6. The van der Waals surface area contributed by atoms with Gasteiger partial charge in [0.15, 0.2) is 0 Å². The van der Waals surface area contributed by atoms with E-state index in [-0.39, 0.29) is 30.4 Å². The van der Waals surface area contributed by atoms with Crippen LogP contribution in [0.4, 0.5) is 0 Å². The molecule has 0 fully saturated rings. The molecule has 0 spiro atoms. The third-order valence-electron chi connectivity index (χ3n) is 6.90. The lowest BCUT2D eigenvalue weighted by Crippen LogP contribution is -2.60. The van der Waals surface area contributed by atoms with Crippen LogP contribution in [-0.2, 0) is 29.4 Å². The van der Waals surface area contributed by atoms with Gasteiger partial charge in [-0.15, -0.1) is 0 Å². The average Bonchev–Trinajstić information content (AvgIpc) is 2.86. The van der Waals surface area contributed by atoms with Crippen LogP contribution in [0.2, 0.25) is 0 Å². The van der Waals surface area contributed by atoms with Crippen molar-refractivity contribution >= 4 is 45.6 Å². The summed E-state index contributed by atoms with van der Waals surface area (Å²) in [5.41, 5.74) is -0.169. The van der Waals surface area contributed by atoms with Gasteiger partial charge in [-0.3, -0.25) is 19.2 Å². The number of rotatable bonds is 14. The van der Waals surface area contributed by atoms with Crippen LogP contribution in [0.1, 0.15) is 59.9 Å². The standard InChI is InChI=1S/C29H43BrN4O7/c1-17(24(37)32-20(27(40)41)12-13-21(35)36)14-15-34(8)26(39)23(28(2,3)4)33-25(38)22(31-7)29(5,6)18-10-9-11-19(30)16-18/h9-11,14,16,20,22-23,31H,12-13,15H2,1-8H3,(H,32,37)(H,33,38)(H,35,36)(H,40,41)/b17-14+. The third-order valence-corrected chi connectivity index (χ3v) is 7.39. The minimum Gasteiger partial charge on any atom is -0.481 e. The number of amides is 3. The van der Waals surface area contributed by atoms with E-state index in [4.69, 9.17) is 5.11 Å². The Morgan fingerprint density at radius 1 is 1.02 bits per heavy atom. The van der Waals surface area contributed by atoms with Gasteiger partial charge in [-0.1, -0.05) is 68.8 Å². The summed E-state index contributed by atoms with van der Waals surface area (Å²) in [6, 6.07) is 4.80. The first kappa shape index (κ1) is 35.8. The Bertz CT molecular complexity index is 1160. The Kier molecular flexibility index (Phi) is 13.2. The molecule has 0 heterocycles. The van der Waals surface area contributed by atoms with E-state index in [1.54, 1.807) is 14.1 Å². The van der Waals surface area contributed by atoms with Crippen LogP contribution in [0.5, 0.6) is 0 Å². The fourth-order valence-corrected chi connectivity index (χ4v) is 4.62. The molecule has 41 heavy (non-hydrogen) atoms. The van der Waals surface area contributed by atoms with Crippen molar-refractivity contribution in [2.75, 3.05) is 20.6 Å². The molecule has 0 aromatic heterocycles. The zero-order chi connectivity index (χ0) is 31.7. The number of aliphatic carboxylic acids is 2. The first-order chi connectivity index (χ1) is 18.8. The molecule has 3 atom stereocenters. The first-order valence-electron chi connectivity index (χ1n) is 13.2. The molecule has 11 nitrogen and oxygen atoms in total. The average molecular weight is 640 g/mol. The highest BCUT2D eigenvalue weighted by atomic mass is 79.9. The van der Waals surface area contributed by atoms with Gasteiger partial charge in [0.1, 0.15) is 12.1 Å². The van der Waals surface area contributed by atoms with Crippen molar-refractivity contribution < 1.29 is 34.2 Å². The highest BCUT2D eigenvalue weighted by Gasteiger charge is 2.40.